The van der Waals surface area contributed by atoms with Gasteiger partial charge in [0.2, 0.25) is 0 Å². The van der Waals surface area contributed by atoms with E-state index in [2.05, 4.69) is 71.2 Å². The van der Waals surface area contributed by atoms with Crippen molar-refractivity contribution in [2.45, 2.75) is 66.1 Å². The Bertz CT molecular complexity index is 520. The van der Waals surface area contributed by atoms with Gasteiger partial charge < -0.3 is 15.2 Å². The molecule has 0 aliphatic carbocycles. The third kappa shape index (κ3) is 9.46. The lowest BCUT2D eigenvalue weighted by Crippen LogP contribution is -2.45. The van der Waals surface area contributed by atoms with Crippen molar-refractivity contribution in [3.05, 3.63) is 12.2 Å². The third-order valence-corrected chi connectivity index (χ3v) is 5.12. The molecule has 8 heteroatoms. The SMILES string of the molecule is CCc1nncn1CCNC(=NCCCSC)NCCN(C(C)C)C(C)C. The number of nitrogens with zero attached hydrogens (tertiary/aromatic N) is 5. The predicted octanol–water partition coefficient (Wildman–Crippen LogP) is 2.25. The number of aliphatic imine (C=N–C) groups is 1. The van der Waals surface area contributed by atoms with Crippen LogP contribution in [0.3, 0.4) is 0 Å². The maximum absolute atomic E-state index is 4.73. The van der Waals surface area contributed by atoms with E-state index in [9.17, 15) is 0 Å². The Balaban J connectivity index is 2.51. The Hall–Kier alpha value is -1.28. The number of hydrogen-bond acceptors (Lipinski definition) is 5. The standard InChI is InChI=1S/C19H39N7S/c1-7-18-24-23-15-25(18)12-10-21-19(20-9-8-14-27-6)22-11-13-26(16(2)3)17(4)5/h15-17H,7-14H2,1-6H3,(H2,20,21,22). The summed E-state index contributed by atoms with van der Waals surface area (Å²) >= 11 is 1.87. The molecule has 1 aromatic heterocycles. The van der Waals surface area contributed by atoms with Crippen LogP contribution in [-0.2, 0) is 13.0 Å². The molecule has 0 aromatic carbocycles. The second-order valence-corrected chi connectivity index (χ2v) is 8.14. The van der Waals surface area contributed by atoms with Gasteiger partial charge in [0.05, 0.1) is 0 Å². The van der Waals surface area contributed by atoms with Crippen LogP contribution in [0.15, 0.2) is 11.3 Å². The van der Waals surface area contributed by atoms with E-state index in [1.165, 1.54) is 0 Å². The van der Waals surface area contributed by atoms with E-state index < -0.39 is 0 Å². The van der Waals surface area contributed by atoms with Crippen molar-refractivity contribution in [2.75, 3.05) is 38.2 Å². The molecule has 0 atom stereocenters. The molecule has 0 fully saturated rings. The first-order chi connectivity index (χ1) is 13.0. The van der Waals surface area contributed by atoms with E-state index in [0.717, 1.165) is 63.1 Å². The Labute approximate surface area is 169 Å². The first-order valence-corrected chi connectivity index (χ1v) is 11.5. The van der Waals surface area contributed by atoms with Gasteiger partial charge in [-0.3, -0.25) is 9.89 Å². The van der Waals surface area contributed by atoms with Crippen molar-refractivity contribution in [3.63, 3.8) is 0 Å². The molecule has 0 aliphatic rings. The van der Waals surface area contributed by atoms with Crippen LogP contribution in [0.2, 0.25) is 0 Å². The Morgan fingerprint density at radius 3 is 2.56 bits per heavy atom. The molecule has 7 nitrogen and oxygen atoms in total. The molecule has 0 radical (unpaired) electrons. The summed E-state index contributed by atoms with van der Waals surface area (Å²) in [6.07, 6.45) is 5.93. The number of nitrogens with one attached hydrogen (secondary N) is 2. The van der Waals surface area contributed by atoms with Crippen LogP contribution in [0, 0.1) is 0 Å². The molecule has 0 aliphatic heterocycles. The van der Waals surface area contributed by atoms with E-state index >= 15 is 0 Å². The largest absolute Gasteiger partial charge is 0.355 e. The molecule has 27 heavy (non-hydrogen) atoms. The quantitative estimate of drug-likeness (QED) is 0.302. The van der Waals surface area contributed by atoms with Crippen molar-refractivity contribution in [2.24, 2.45) is 4.99 Å². The van der Waals surface area contributed by atoms with Gasteiger partial charge in [-0.1, -0.05) is 6.92 Å². The molecule has 0 bridgehead atoms. The van der Waals surface area contributed by atoms with Gasteiger partial charge >= 0.3 is 0 Å². The highest BCUT2D eigenvalue weighted by molar-refractivity contribution is 7.98. The highest BCUT2D eigenvalue weighted by Gasteiger charge is 2.12. The lowest BCUT2D eigenvalue weighted by molar-refractivity contribution is 0.178. The van der Waals surface area contributed by atoms with E-state index in [1.54, 1.807) is 6.33 Å². The van der Waals surface area contributed by atoms with Crippen molar-refractivity contribution in [3.8, 4) is 0 Å². The van der Waals surface area contributed by atoms with Gasteiger partial charge in [-0.25, -0.2) is 0 Å². The van der Waals surface area contributed by atoms with Crippen LogP contribution in [0.5, 0.6) is 0 Å². The van der Waals surface area contributed by atoms with E-state index in [1.807, 2.05) is 11.8 Å². The topological polar surface area (TPSA) is 70.4 Å². The number of hydrogen-bond donors (Lipinski definition) is 2. The van der Waals surface area contributed by atoms with Crippen molar-refractivity contribution in [1.29, 1.82) is 0 Å². The Morgan fingerprint density at radius 1 is 1.22 bits per heavy atom. The van der Waals surface area contributed by atoms with Crippen LogP contribution in [-0.4, -0.2) is 75.9 Å². The van der Waals surface area contributed by atoms with E-state index in [-0.39, 0.29) is 0 Å². The first-order valence-electron chi connectivity index (χ1n) is 10.1. The molecule has 156 valence electrons. The second-order valence-electron chi connectivity index (χ2n) is 7.15. The molecule has 1 heterocycles. The number of aromatic nitrogens is 3. The molecular formula is C19H39N7S. The van der Waals surface area contributed by atoms with Gasteiger partial charge in [-0.05, 0) is 46.1 Å². The molecule has 1 rings (SSSR count). The van der Waals surface area contributed by atoms with Crippen LogP contribution in [0.4, 0.5) is 0 Å². The van der Waals surface area contributed by atoms with Gasteiger partial charge in [-0.15, -0.1) is 10.2 Å². The number of rotatable bonds is 13. The highest BCUT2D eigenvalue weighted by Crippen LogP contribution is 2.03. The molecule has 0 unspecified atom stereocenters. The van der Waals surface area contributed by atoms with Crippen LogP contribution in [0.25, 0.3) is 0 Å². The van der Waals surface area contributed by atoms with Crippen molar-refractivity contribution < 1.29 is 0 Å². The molecule has 0 saturated carbocycles. The summed E-state index contributed by atoms with van der Waals surface area (Å²) in [5.41, 5.74) is 0. The molecule has 0 amide bonds. The van der Waals surface area contributed by atoms with Gasteiger partial charge in [0.1, 0.15) is 12.2 Å². The summed E-state index contributed by atoms with van der Waals surface area (Å²) in [4.78, 5) is 7.22. The minimum Gasteiger partial charge on any atom is -0.355 e. The van der Waals surface area contributed by atoms with Crippen molar-refractivity contribution >= 4 is 17.7 Å². The first kappa shape index (κ1) is 23.8. The van der Waals surface area contributed by atoms with Gasteiger partial charge in [0.25, 0.3) is 0 Å². The minimum atomic E-state index is 0.544. The van der Waals surface area contributed by atoms with Crippen molar-refractivity contribution in [1.82, 2.24) is 30.3 Å². The second kappa shape index (κ2) is 13.8. The lowest BCUT2D eigenvalue weighted by atomic mass is 10.2. The van der Waals surface area contributed by atoms with Gasteiger partial charge in [0.15, 0.2) is 5.96 Å². The molecular weight excluding hydrogens is 358 g/mol. The summed E-state index contributed by atoms with van der Waals surface area (Å²) in [7, 11) is 0. The van der Waals surface area contributed by atoms with E-state index in [4.69, 9.17) is 4.99 Å². The Morgan fingerprint density at radius 2 is 1.93 bits per heavy atom. The van der Waals surface area contributed by atoms with Gasteiger partial charge in [0, 0.05) is 51.2 Å². The van der Waals surface area contributed by atoms with Crippen LogP contribution < -0.4 is 10.6 Å². The molecule has 2 N–H and O–H groups in total. The molecule has 1 aromatic rings. The van der Waals surface area contributed by atoms with Crippen LogP contribution >= 0.6 is 11.8 Å². The smallest absolute Gasteiger partial charge is 0.191 e. The summed E-state index contributed by atoms with van der Waals surface area (Å²) in [6.45, 7) is 15.5. The average Bonchev–Trinajstić information content (AvgIpc) is 3.08. The number of aryl methyl sites for hydroxylation is 1. The summed E-state index contributed by atoms with van der Waals surface area (Å²) in [6, 6.07) is 1.09. The van der Waals surface area contributed by atoms with Gasteiger partial charge in [-0.2, -0.15) is 11.8 Å². The summed E-state index contributed by atoms with van der Waals surface area (Å²) in [5, 5.41) is 15.1. The van der Waals surface area contributed by atoms with Crippen LogP contribution in [0.1, 0.15) is 46.9 Å². The number of guanidine groups is 1. The normalized spacial score (nSPS) is 12.4. The fourth-order valence-electron chi connectivity index (χ4n) is 3.02. The number of thioether (sulfide) groups is 1. The maximum Gasteiger partial charge on any atom is 0.191 e. The zero-order chi connectivity index (χ0) is 20.1. The minimum absolute atomic E-state index is 0.544. The zero-order valence-corrected chi connectivity index (χ0v) is 18.8. The molecule has 0 spiro atoms. The highest BCUT2D eigenvalue weighted by atomic mass is 32.2. The average molecular weight is 398 g/mol. The fraction of sp³-hybridized carbons (Fsp3) is 0.842. The third-order valence-electron chi connectivity index (χ3n) is 4.42. The van der Waals surface area contributed by atoms with E-state index in [0.29, 0.717) is 12.1 Å². The zero-order valence-electron chi connectivity index (χ0n) is 18.0. The Kier molecular flexibility index (Phi) is 12.2. The fourth-order valence-corrected chi connectivity index (χ4v) is 3.44. The lowest BCUT2D eigenvalue weighted by Gasteiger charge is -2.30. The summed E-state index contributed by atoms with van der Waals surface area (Å²) < 4.78 is 2.09. The maximum atomic E-state index is 4.73. The molecule has 0 saturated heterocycles. The predicted molar refractivity (Wildman–Crippen MR) is 118 cm³/mol. The monoisotopic (exact) mass is 397 g/mol. The summed E-state index contributed by atoms with van der Waals surface area (Å²) in [5.74, 6) is 3.06.